The van der Waals surface area contributed by atoms with E-state index >= 15 is 0 Å². The van der Waals surface area contributed by atoms with Crippen LogP contribution in [0.25, 0.3) is 0 Å². The third-order valence-electron chi connectivity index (χ3n) is 5.97. The van der Waals surface area contributed by atoms with Crippen LogP contribution in [0, 0.1) is 13.8 Å². The van der Waals surface area contributed by atoms with E-state index in [2.05, 4.69) is 45.9 Å². The van der Waals surface area contributed by atoms with Crippen LogP contribution in [0.1, 0.15) is 69.1 Å². The summed E-state index contributed by atoms with van der Waals surface area (Å²) in [5.41, 5.74) is 3.79. The first-order valence-electron chi connectivity index (χ1n) is 9.97. The molecular weight excluding hydrogens is 294 g/mol. The molecule has 1 aliphatic rings. The predicted molar refractivity (Wildman–Crippen MR) is 102 cm³/mol. The quantitative estimate of drug-likeness (QED) is 0.613. The number of carbonyl (C=O) groups excluding carboxylic acids is 1. The Morgan fingerprint density at radius 1 is 1.04 bits per heavy atom. The van der Waals surface area contributed by atoms with Crippen LogP contribution in [0.5, 0.6) is 0 Å². The number of nitrogens with zero attached hydrogens (tertiary/aromatic N) is 1. The minimum atomic E-state index is 0.203. The SMILES string of the molecule is CCCC(C(=O)Cc1c(C)cccc1C)[N+]1(CCC)CCCCC1. The molecule has 1 unspecified atom stereocenters. The van der Waals surface area contributed by atoms with Crippen LogP contribution in [0.3, 0.4) is 0 Å². The van der Waals surface area contributed by atoms with Crippen molar-refractivity contribution in [1.29, 1.82) is 0 Å². The largest absolute Gasteiger partial charge is 0.315 e. The summed E-state index contributed by atoms with van der Waals surface area (Å²) in [6.45, 7) is 12.4. The highest BCUT2D eigenvalue weighted by molar-refractivity contribution is 5.85. The lowest BCUT2D eigenvalue weighted by Crippen LogP contribution is -2.61. The van der Waals surface area contributed by atoms with Gasteiger partial charge in [-0.3, -0.25) is 4.79 Å². The van der Waals surface area contributed by atoms with E-state index in [9.17, 15) is 4.79 Å². The number of aryl methyl sites for hydroxylation is 2. The Morgan fingerprint density at radius 2 is 1.67 bits per heavy atom. The molecule has 1 aromatic rings. The first kappa shape index (κ1) is 19.2. The zero-order valence-electron chi connectivity index (χ0n) is 16.2. The molecule has 1 heterocycles. The molecule has 0 radical (unpaired) electrons. The Morgan fingerprint density at radius 3 is 2.21 bits per heavy atom. The van der Waals surface area contributed by atoms with E-state index in [0.29, 0.717) is 12.2 Å². The van der Waals surface area contributed by atoms with Crippen molar-refractivity contribution >= 4 is 5.78 Å². The van der Waals surface area contributed by atoms with Crippen molar-refractivity contribution in [2.45, 2.75) is 78.7 Å². The molecule has 0 bridgehead atoms. The summed E-state index contributed by atoms with van der Waals surface area (Å²) in [5, 5.41) is 0. The van der Waals surface area contributed by atoms with Crippen LogP contribution in [0.15, 0.2) is 18.2 Å². The zero-order valence-corrected chi connectivity index (χ0v) is 16.2. The van der Waals surface area contributed by atoms with Crippen molar-refractivity contribution in [3.63, 3.8) is 0 Å². The lowest BCUT2D eigenvalue weighted by molar-refractivity contribution is -0.947. The number of Topliss-reactive ketones (excluding diaryl/α,β-unsaturated/α-hetero) is 1. The fourth-order valence-electron chi connectivity index (χ4n) is 4.71. The molecule has 1 aliphatic heterocycles. The molecule has 2 rings (SSSR count). The molecule has 0 amide bonds. The molecule has 1 saturated heterocycles. The van der Waals surface area contributed by atoms with Crippen LogP contribution < -0.4 is 0 Å². The van der Waals surface area contributed by atoms with E-state index in [0.717, 1.165) is 17.3 Å². The van der Waals surface area contributed by atoms with Crippen molar-refractivity contribution in [2.24, 2.45) is 0 Å². The summed E-state index contributed by atoms with van der Waals surface area (Å²) in [4.78, 5) is 13.4. The van der Waals surface area contributed by atoms with Crippen molar-refractivity contribution in [1.82, 2.24) is 0 Å². The van der Waals surface area contributed by atoms with Crippen LogP contribution in [-0.4, -0.2) is 35.9 Å². The normalized spacial score (nSPS) is 18.3. The molecule has 0 N–H and O–H groups in total. The molecule has 134 valence electrons. The molecule has 1 atom stereocenters. The number of ketones is 1. The lowest BCUT2D eigenvalue weighted by Gasteiger charge is -2.47. The number of quaternary nitrogens is 1. The number of carbonyl (C=O) groups is 1. The Hall–Kier alpha value is -1.15. The molecule has 0 spiro atoms. The van der Waals surface area contributed by atoms with E-state index in [1.54, 1.807) is 0 Å². The van der Waals surface area contributed by atoms with Gasteiger partial charge in [0.1, 0.15) is 6.04 Å². The average Bonchev–Trinajstić information content (AvgIpc) is 2.57. The fraction of sp³-hybridized carbons (Fsp3) is 0.682. The highest BCUT2D eigenvalue weighted by atomic mass is 16.1. The Balaban J connectivity index is 2.26. The summed E-state index contributed by atoms with van der Waals surface area (Å²) in [6, 6.07) is 6.58. The third-order valence-corrected chi connectivity index (χ3v) is 5.97. The van der Waals surface area contributed by atoms with Gasteiger partial charge in [0.05, 0.1) is 19.6 Å². The van der Waals surface area contributed by atoms with E-state index in [-0.39, 0.29) is 6.04 Å². The standard InChI is InChI=1S/C22H36NO/c1-5-11-21(23(14-6-2)15-8-7-9-16-23)22(24)17-20-18(3)12-10-13-19(20)4/h10,12-13,21H,5-9,11,14-17H2,1-4H3/q+1. The molecule has 0 aliphatic carbocycles. The van der Waals surface area contributed by atoms with Gasteiger partial charge in [-0.1, -0.05) is 38.5 Å². The van der Waals surface area contributed by atoms with E-state index in [4.69, 9.17) is 0 Å². The van der Waals surface area contributed by atoms with Crippen LogP contribution in [-0.2, 0) is 11.2 Å². The van der Waals surface area contributed by atoms with E-state index in [1.165, 1.54) is 62.0 Å². The topological polar surface area (TPSA) is 17.1 Å². The second-order valence-corrected chi connectivity index (χ2v) is 7.77. The zero-order chi connectivity index (χ0) is 17.6. The molecule has 1 fully saturated rings. The first-order valence-corrected chi connectivity index (χ1v) is 9.97. The lowest BCUT2D eigenvalue weighted by atomic mass is 9.90. The Kier molecular flexibility index (Phi) is 7.03. The molecule has 1 aromatic carbocycles. The predicted octanol–water partition coefficient (Wildman–Crippen LogP) is 4.99. The molecule has 24 heavy (non-hydrogen) atoms. The van der Waals surface area contributed by atoms with Gasteiger partial charge in [0.25, 0.3) is 0 Å². The van der Waals surface area contributed by atoms with Gasteiger partial charge < -0.3 is 4.48 Å². The highest BCUT2D eigenvalue weighted by Gasteiger charge is 2.41. The number of benzene rings is 1. The second kappa shape index (κ2) is 8.80. The third kappa shape index (κ3) is 4.27. The summed E-state index contributed by atoms with van der Waals surface area (Å²) < 4.78 is 1.06. The summed E-state index contributed by atoms with van der Waals surface area (Å²) in [5.74, 6) is 0.476. The monoisotopic (exact) mass is 330 g/mol. The summed E-state index contributed by atoms with van der Waals surface area (Å²) in [7, 11) is 0. The van der Waals surface area contributed by atoms with Crippen LogP contribution in [0.4, 0.5) is 0 Å². The minimum Gasteiger partial charge on any atom is -0.315 e. The second-order valence-electron chi connectivity index (χ2n) is 7.77. The molecular formula is C22H36NO+. The van der Waals surface area contributed by atoms with Crippen molar-refractivity contribution in [3.8, 4) is 0 Å². The van der Waals surface area contributed by atoms with Crippen LogP contribution in [0.2, 0.25) is 0 Å². The maximum absolute atomic E-state index is 13.4. The van der Waals surface area contributed by atoms with Gasteiger partial charge in [-0.05, 0) is 56.2 Å². The maximum Gasteiger partial charge on any atom is 0.194 e. The number of rotatable bonds is 8. The van der Waals surface area contributed by atoms with Gasteiger partial charge in [-0.25, -0.2) is 0 Å². The highest BCUT2D eigenvalue weighted by Crippen LogP contribution is 2.28. The first-order chi connectivity index (χ1) is 11.5. The minimum absolute atomic E-state index is 0.203. The molecule has 2 nitrogen and oxygen atoms in total. The molecule has 0 aromatic heterocycles. The van der Waals surface area contributed by atoms with Crippen molar-refractivity contribution in [3.05, 3.63) is 34.9 Å². The summed E-state index contributed by atoms with van der Waals surface area (Å²) in [6.07, 6.45) is 7.86. The van der Waals surface area contributed by atoms with Crippen molar-refractivity contribution < 1.29 is 9.28 Å². The van der Waals surface area contributed by atoms with E-state index < -0.39 is 0 Å². The average molecular weight is 331 g/mol. The molecule has 0 saturated carbocycles. The number of piperidine rings is 1. The Bertz CT molecular complexity index is 517. The van der Waals surface area contributed by atoms with Gasteiger partial charge in [-0.15, -0.1) is 0 Å². The Labute approximate surface area is 148 Å². The smallest absolute Gasteiger partial charge is 0.194 e. The van der Waals surface area contributed by atoms with Crippen molar-refractivity contribution in [2.75, 3.05) is 19.6 Å². The van der Waals surface area contributed by atoms with Gasteiger partial charge in [0.2, 0.25) is 0 Å². The van der Waals surface area contributed by atoms with Gasteiger partial charge in [0, 0.05) is 12.8 Å². The number of hydrogen-bond donors (Lipinski definition) is 0. The number of hydrogen-bond acceptors (Lipinski definition) is 1. The molecule has 2 heteroatoms. The maximum atomic E-state index is 13.4. The summed E-state index contributed by atoms with van der Waals surface area (Å²) >= 11 is 0. The van der Waals surface area contributed by atoms with Crippen LogP contribution >= 0.6 is 0 Å². The van der Waals surface area contributed by atoms with Gasteiger partial charge in [0.15, 0.2) is 5.78 Å². The fourth-order valence-corrected chi connectivity index (χ4v) is 4.71. The van der Waals surface area contributed by atoms with E-state index in [1.807, 2.05) is 0 Å². The van der Waals surface area contributed by atoms with Gasteiger partial charge >= 0.3 is 0 Å². The number of likely N-dealkylation sites (tertiary alicyclic amines) is 1. The van der Waals surface area contributed by atoms with Gasteiger partial charge in [-0.2, -0.15) is 0 Å².